The van der Waals surface area contributed by atoms with Gasteiger partial charge in [0.05, 0.1) is 13.2 Å². The second-order valence-corrected chi connectivity index (χ2v) is 7.08. The molecule has 11 heteroatoms. The average molecular weight is 412 g/mol. The van der Waals surface area contributed by atoms with Gasteiger partial charge in [-0.05, 0) is 6.42 Å². The zero-order valence-corrected chi connectivity index (χ0v) is 15.8. The van der Waals surface area contributed by atoms with Crippen LogP contribution in [0.4, 0.5) is 0 Å². The summed E-state index contributed by atoms with van der Waals surface area (Å²) >= 11 is 0. The van der Waals surface area contributed by atoms with Crippen molar-refractivity contribution in [3.05, 3.63) is 0 Å². The van der Waals surface area contributed by atoms with Gasteiger partial charge in [-0.2, -0.15) is 0 Å². The van der Waals surface area contributed by atoms with E-state index >= 15 is 0 Å². The summed E-state index contributed by atoms with van der Waals surface area (Å²) in [5.74, 6) is 0. The first-order valence-electron chi connectivity index (χ1n) is 9.55. The van der Waals surface area contributed by atoms with Gasteiger partial charge in [-0.3, -0.25) is 0 Å². The number of aliphatic hydroxyl groups excluding tert-OH is 7. The molecule has 2 aliphatic rings. The van der Waals surface area contributed by atoms with Gasteiger partial charge in [0.1, 0.15) is 48.8 Å². The van der Waals surface area contributed by atoms with E-state index in [4.69, 9.17) is 18.9 Å². The zero-order chi connectivity index (χ0) is 20.8. The summed E-state index contributed by atoms with van der Waals surface area (Å²) in [6, 6.07) is 0. The Morgan fingerprint density at radius 1 is 0.714 bits per heavy atom. The minimum atomic E-state index is -1.69. The van der Waals surface area contributed by atoms with E-state index in [1.165, 1.54) is 0 Å². The molecule has 11 nitrogen and oxygen atoms in total. The Balaban J connectivity index is 2.02. The smallest absolute Gasteiger partial charge is 0.187 e. The maximum atomic E-state index is 10.4. The van der Waals surface area contributed by atoms with Crippen molar-refractivity contribution < 1.29 is 54.7 Å². The highest BCUT2D eigenvalue weighted by molar-refractivity contribution is 4.94. The molecule has 2 fully saturated rings. The Labute approximate surface area is 163 Å². The van der Waals surface area contributed by atoms with Crippen molar-refractivity contribution in [2.45, 2.75) is 87.6 Å². The van der Waals surface area contributed by atoms with Gasteiger partial charge in [0.15, 0.2) is 12.6 Å². The summed E-state index contributed by atoms with van der Waals surface area (Å²) in [6.07, 6.45) is -11.6. The minimum Gasteiger partial charge on any atom is -0.394 e. The predicted octanol–water partition coefficient (Wildman–Crippen LogP) is -3.18. The third-order valence-electron chi connectivity index (χ3n) is 4.99. The van der Waals surface area contributed by atoms with Gasteiger partial charge in [-0.15, -0.1) is 0 Å². The SMILES string of the molecule is CCCCCO[C@@H]1O[C@H](CO)[C@@H](O[C@@H]2O[C@H](CO)[C@H](O)[C@H](O)[C@H]2O)[C@H](O)[C@H]1O. The van der Waals surface area contributed by atoms with Crippen LogP contribution in [0.2, 0.25) is 0 Å². The van der Waals surface area contributed by atoms with Crippen molar-refractivity contribution in [2.24, 2.45) is 0 Å². The lowest BCUT2D eigenvalue weighted by Crippen LogP contribution is -2.64. The number of rotatable bonds is 9. The zero-order valence-electron chi connectivity index (χ0n) is 15.8. The quantitative estimate of drug-likeness (QED) is 0.190. The standard InChI is InChI=1S/C17H32O11/c1-2-3-4-5-25-16-14(24)12(22)15(9(7-19)27-16)28-17-13(23)11(21)10(20)8(6-18)26-17/h8-24H,2-7H2,1H3/t8-,9-,10+,11+,12-,13-,14-,15-,16-,17+/m1/s1. The highest BCUT2D eigenvalue weighted by Crippen LogP contribution is 2.29. The van der Waals surface area contributed by atoms with Crippen LogP contribution in [-0.2, 0) is 18.9 Å². The van der Waals surface area contributed by atoms with Crippen molar-refractivity contribution in [1.29, 1.82) is 0 Å². The molecular formula is C17H32O11. The van der Waals surface area contributed by atoms with E-state index in [-0.39, 0.29) is 0 Å². The summed E-state index contributed by atoms with van der Waals surface area (Å²) in [6.45, 7) is 1.10. The van der Waals surface area contributed by atoms with Gasteiger partial charge < -0.3 is 54.7 Å². The van der Waals surface area contributed by atoms with Gasteiger partial charge >= 0.3 is 0 Å². The molecule has 2 heterocycles. The first-order valence-corrected chi connectivity index (χ1v) is 9.55. The highest BCUT2D eigenvalue weighted by Gasteiger charge is 2.50. The first kappa shape index (κ1) is 23.8. The Kier molecular flexibility index (Phi) is 9.44. The van der Waals surface area contributed by atoms with Crippen molar-refractivity contribution in [3.8, 4) is 0 Å². The molecule has 2 saturated heterocycles. The van der Waals surface area contributed by atoms with Crippen LogP contribution < -0.4 is 0 Å². The van der Waals surface area contributed by atoms with Crippen LogP contribution in [0.3, 0.4) is 0 Å². The van der Waals surface area contributed by atoms with E-state index in [1.807, 2.05) is 6.92 Å². The molecule has 166 valence electrons. The lowest BCUT2D eigenvalue weighted by molar-refractivity contribution is -0.359. The first-order chi connectivity index (χ1) is 13.3. The summed E-state index contributed by atoms with van der Waals surface area (Å²) in [5.41, 5.74) is 0. The molecule has 0 bridgehead atoms. The number of unbranched alkanes of at least 4 members (excludes halogenated alkanes) is 2. The second kappa shape index (κ2) is 11.1. The molecule has 2 rings (SSSR count). The molecule has 0 saturated carbocycles. The molecule has 0 radical (unpaired) electrons. The molecule has 0 aromatic heterocycles. The molecule has 2 aliphatic heterocycles. The van der Waals surface area contributed by atoms with Crippen molar-refractivity contribution >= 4 is 0 Å². The van der Waals surface area contributed by atoms with Crippen LogP contribution in [0.15, 0.2) is 0 Å². The van der Waals surface area contributed by atoms with Gasteiger partial charge in [0.25, 0.3) is 0 Å². The van der Waals surface area contributed by atoms with Gasteiger partial charge in [-0.25, -0.2) is 0 Å². The predicted molar refractivity (Wildman–Crippen MR) is 91.9 cm³/mol. The summed E-state index contributed by atoms with van der Waals surface area (Å²) < 4.78 is 21.6. The summed E-state index contributed by atoms with van der Waals surface area (Å²) in [5, 5.41) is 69.2. The topological polar surface area (TPSA) is 179 Å². The largest absolute Gasteiger partial charge is 0.394 e. The fourth-order valence-electron chi connectivity index (χ4n) is 3.24. The number of aliphatic hydroxyl groups is 7. The Hall–Kier alpha value is -0.440. The van der Waals surface area contributed by atoms with Crippen molar-refractivity contribution in [2.75, 3.05) is 19.8 Å². The molecule has 0 spiro atoms. The van der Waals surface area contributed by atoms with Crippen LogP contribution in [0.1, 0.15) is 26.2 Å². The maximum absolute atomic E-state index is 10.4. The van der Waals surface area contributed by atoms with E-state index in [0.717, 1.165) is 19.3 Å². The minimum absolute atomic E-state index is 0.304. The second-order valence-electron chi connectivity index (χ2n) is 7.08. The van der Waals surface area contributed by atoms with E-state index < -0.39 is 74.6 Å². The fraction of sp³-hybridized carbons (Fsp3) is 1.00. The molecule has 0 aliphatic carbocycles. The third kappa shape index (κ3) is 5.37. The number of hydrogen-bond donors (Lipinski definition) is 7. The van der Waals surface area contributed by atoms with Crippen molar-refractivity contribution in [3.63, 3.8) is 0 Å². The van der Waals surface area contributed by atoms with Gasteiger partial charge in [0.2, 0.25) is 0 Å². The third-order valence-corrected chi connectivity index (χ3v) is 4.99. The van der Waals surface area contributed by atoms with E-state index in [2.05, 4.69) is 0 Å². The lowest BCUT2D eigenvalue weighted by Gasteiger charge is -2.45. The van der Waals surface area contributed by atoms with Crippen LogP contribution in [0.5, 0.6) is 0 Å². The molecular weight excluding hydrogens is 380 g/mol. The summed E-state index contributed by atoms with van der Waals surface area (Å²) in [4.78, 5) is 0. The molecule has 0 aromatic rings. The van der Waals surface area contributed by atoms with Crippen molar-refractivity contribution in [1.82, 2.24) is 0 Å². The molecule has 0 aromatic carbocycles. The van der Waals surface area contributed by atoms with Crippen LogP contribution in [0, 0.1) is 0 Å². The molecule has 28 heavy (non-hydrogen) atoms. The average Bonchev–Trinajstić information content (AvgIpc) is 2.70. The Morgan fingerprint density at radius 2 is 1.32 bits per heavy atom. The number of ether oxygens (including phenoxy) is 4. The molecule has 0 amide bonds. The van der Waals surface area contributed by atoms with Crippen LogP contribution in [0.25, 0.3) is 0 Å². The van der Waals surface area contributed by atoms with Gasteiger partial charge in [0, 0.05) is 6.61 Å². The number of hydrogen-bond acceptors (Lipinski definition) is 11. The Bertz CT molecular complexity index is 449. The van der Waals surface area contributed by atoms with Crippen LogP contribution in [-0.4, -0.2) is 117 Å². The van der Waals surface area contributed by atoms with Crippen LogP contribution >= 0.6 is 0 Å². The molecule has 10 atom stereocenters. The maximum Gasteiger partial charge on any atom is 0.187 e. The normalized spacial score (nSPS) is 44.6. The summed E-state index contributed by atoms with van der Waals surface area (Å²) in [7, 11) is 0. The monoisotopic (exact) mass is 412 g/mol. The van der Waals surface area contributed by atoms with Gasteiger partial charge in [-0.1, -0.05) is 19.8 Å². The highest BCUT2D eigenvalue weighted by atomic mass is 16.7. The van der Waals surface area contributed by atoms with E-state index in [1.54, 1.807) is 0 Å². The lowest BCUT2D eigenvalue weighted by atomic mass is 9.97. The molecule has 7 N–H and O–H groups in total. The molecule has 0 unspecified atom stereocenters. The fourth-order valence-corrected chi connectivity index (χ4v) is 3.24. The van der Waals surface area contributed by atoms with E-state index in [9.17, 15) is 35.7 Å². The Morgan fingerprint density at radius 3 is 1.93 bits per heavy atom. The van der Waals surface area contributed by atoms with E-state index in [0.29, 0.717) is 6.61 Å².